The van der Waals surface area contributed by atoms with Gasteiger partial charge in [0.25, 0.3) is 5.65 Å². The number of aryl methyl sites for hydroxylation is 2. The summed E-state index contributed by atoms with van der Waals surface area (Å²) in [7, 11) is -4.94. The van der Waals surface area contributed by atoms with E-state index in [9.17, 15) is 0 Å². The Morgan fingerprint density at radius 3 is 2.36 bits per heavy atom. The summed E-state index contributed by atoms with van der Waals surface area (Å²) in [6, 6.07) is 8.13. The van der Waals surface area contributed by atoms with Gasteiger partial charge in [-0.1, -0.05) is 32.8 Å². The van der Waals surface area contributed by atoms with Gasteiger partial charge in [0.2, 0.25) is 0 Å². The van der Waals surface area contributed by atoms with Crippen LogP contribution in [0, 0.1) is 31.0 Å². The molecule has 130 valence electrons. The highest BCUT2D eigenvalue weighted by Gasteiger charge is 2.22. The number of halogens is 1. The summed E-state index contributed by atoms with van der Waals surface area (Å²) in [6.45, 7) is 6.15. The molecule has 0 bridgehead atoms. The van der Waals surface area contributed by atoms with Crippen molar-refractivity contribution in [1.82, 2.24) is 19.7 Å². The van der Waals surface area contributed by atoms with Crippen LogP contribution in [0.25, 0.3) is 22.2 Å². The molecule has 0 N–H and O–H groups in total. The zero-order chi connectivity index (χ0) is 18.4. The molecule has 3 heterocycles. The van der Waals surface area contributed by atoms with Crippen molar-refractivity contribution in [2.24, 2.45) is 0 Å². The van der Waals surface area contributed by atoms with E-state index in [1.54, 1.807) is 0 Å². The highest BCUT2D eigenvalue weighted by molar-refractivity contribution is 5.93. The third kappa shape index (κ3) is 3.36. The van der Waals surface area contributed by atoms with Gasteiger partial charge in [-0.15, -0.1) is 19.9 Å². The number of rotatable bonds is 0. The number of hydrogen-bond acceptors (Lipinski definition) is 7. The van der Waals surface area contributed by atoms with Crippen molar-refractivity contribution in [3.63, 3.8) is 0 Å². The van der Waals surface area contributed by atoms with Crippen LogP contribution in [-0.4, -0.2) is 19.7 Å². The lowest BCUT2D eigenvalue weighted by Crippen LogP contribution is -2.68. The van der Waals surface area contributed by atoms with Crippen molar-refractivity contribution >= 4 is 22.2 Å². The molecule has 3 aromatic heterocycles. The van der Waals surface area contributed by atoms with Gasteiger partial charge in [-0.25, -0.2) is 18.6 Å². The highest BCUT2D eigenvalue weighted by Crippen LogP contribution is 2.17. The minimum Gasteiger partial charge on any atom is -0.222 e. The van der Waals surface area contributed by atoms with Crippen LogP contribution in [0.5, 0.6) is 0 Å². The van der Waals surface area contributed by atoms with Gasteiger partial charge in [-0.2, -0.15) is 0 Å². The zero-order valence-corrected chi connectivity index (χ0v) is 14.4. The van der Waals surface area contributed by atoms with Gasteiger partial charge < -0.3 is 0 Å². The molecule has 0 saturated heterocycles. The summed E-state index contributed by atoms with van der Waals surface area (Å²) < 4.78 is 37.7. The first-order valence-electron chi connectivity index (χ1n) is 7.21. The van der Waals surface area contributed by atoms with E-state index in [-0.39, 0.29) is 0 Å². The van der Waals surface area contributed by atoms with E-state index in [1.807, 2.05) is 40.4 Å². The van der Waals surface area contributed by atoms with Crippen LogP contribution in [0.4, 0.5) is 0 Å². The predicted molar refractivity (Wildman–Crippen MR) is 75.7 cm³/mol. The van der Waals surface area contributed by atoms with Crippen LogP contribution in [0.1, 0.15) is 17.0 Å². The van der Waals surface area contributed by atoms with E-state index in [2.05, 4.69) is 30.0 Å². The summed E-state index contributed by atoms with van der Waals surface area (Å²) in [4.78, 5) is 4.63. The van der Waals surface area contributed by atoms with E-state index >= 15 is 0 Å². The Kier molecular flexibility index (Phi) is 4.27. The summed E-state index contributed by atoms with van der Waals surface area (Å²) in [5, 5.41) is 11.4. The van der Waals surface area contributed by atoms with E-state index in [4.69, 9.17) is 23.7 Å². The third-order valence-electron chi connectivity index (χ3n) is 3.96. The van der Waals surface area contributed by atoms with Gasteiger partial charge >= 0.3 is 5.78 Å². The monoisotopic (exact) mass is 363 g/mol. The van der Waals surface area contributed by atoms with Crippen molar-refractivity contribution in [2.45, 2.75) is 20.8 Å². The molecule has 0 aliphatic carbocycles. The maximum Gasteiger partial charge on any atom is 0.449 e. The van der Waals surface area contributed by atoms with Crippen LogP contribution >= 0.6 is 0 Å². The van der Waals surface area contributed by atoms with E-state index in [0.29, 0.717) is 0 Å². The molecular formula is C15H14ClN5O4. The van der Waals surface area contributed by atoms with Crippen molar-refractivity contribution in [1.29, 1.82) is 0 Å². The molecule has 0 saturated carbocycles. The predicted octanol–water partition coefficient (Wildman–Crippen LogP) is -2.81. The Labute approximate surface area is 144 Å². The number of benzene rings is 1. The molecular weight excluding hydrogens is 350 g/mol. The third-order valence-corrected chi connectivity index (χ3v) is 3.96. The summed E-state index contributed by atoms with van der Waals surface area (Å²) >= 11 is 0. The van der Waals surface area contributed by atoms with Gasteiger partial charge in [-0.05, 0) is 26.8 Å². The lowest BCUT2D eigenvalue weighted by atomic mass is 10.2. The normalized spacial score (nSPS) is 11.8. The number of aromatic nitrogens is 5. The van der Waals surface area contributed by atoms with Gasteiger partial charge in [0.1, 0.15) is 11.4 Å². The first-order valence-corrected chi connectivity index (χ1v) is 8.44. The molecule has 0 spiro atoms. The van der Waals surface area contributed by atoms with Crippen LogP contribution in [0.2, 0.25) is 0 Å². The first-order chi connectivity index (χ1) is 11.7. The van der Waals surface area contributed by atoms with Crippen LogP contribution in [0.15, 0.2) is 30.5 Å². The maximum absolute atomic E-state index is 8.49. The Balaban J connectivity index is 0.000000324. The van der Waals surface area contributed by atoms with Crippen LogP contribution in [0.3, 0.4) is 0 Å². The largest absolute Gasteiger partial charge is 0.449 e. The van der Waals surface area contributed by atoms with E-state index in [0.717, 1.165) is 39.1 Å². The maximum atomic E-state index is 8.49. The molecule has 10 heteroatoms. The molecule has 0 unspecified atom stereocenters. The molecule has 1 aromatic carbocycles. The summed E-state index contributed by atoms with van der Waals surface area (Å²) in [5.74, 6) is 0.756. The van der Waals surface area contributed by atoms with E-state index < -0.39 is 10.2 Å². The average Bonchev–Trinajstić information content (AvgIpc) is 2.90. The van der Waals surface area contributed by atoms with E-state index in [1.165, 1.54) is 0 Å². The molecule has 25 heavy (non-hydrogen) atoms. The second-order valence-electron chi connectivity index (χ2n) is 5.46. The molecule has 0 fully saturated rings. The molecule has 0 amide bonds. The molecule has 4 aromatic rings. The lowest BCUT2D eigenvalue weighted by molar-refractivity contribution is -2.00. The Morgan fingerprint density at radius 2 is 1.68 bits per heavy atom. The Hall–Kier alpha value is -2.43. The molecule has 4 rings (SSSR count). The highest BCUT2D eigenvalue weighted by atomic mass is 35.7. The second kappa shape index (κ2) is 6.14. The molecule has 0 radical (unpaired) electrons. The topological polar surface area (TPSA) is 139 Å². The fourth-order valence-corrected chi connectivity index (χ4v) is 2.55. The summed E-state index contributed by atoms with van der Waals surface area (Å²) in [5.41, 5.74) is 4.11. The van der Waals surface area contributed by atoms with Gasteiger partial charge in [-0.3, -0.25) is 0 Å². The fraction of sp³-hybridized carbons (Fsp3) is 0.200. The Morgan fingerprint density at radius 1 is 1.04 bits per heavy atom. The molecule has 0 atom stereocenters. The standard InChI is InChI=1S/C15H14N5.ClHO4/c1-9-10(2)17-15-19(11(9)3)18-14-13-7-5-4-6-12(13)8-16-20(14)15;2-1(3,4)5/h4-8H,1-3H3;(H,2,3,4,5)/q+1;/p-1. The minimum atomic E-state index is -4.94. The molecule has 9 nitrogen and oxygen atoms in total. The second-order valence-corrected chi connectivity index (χ2v) is 6.22. The van der Waals surface area contributed by atoms with Crippen molar-refractivity contribution in [3.05, 3.63) is 47.4 Å². The quantitative estimate of drug-likeness (QED) is 0.307. The van der Waals surface area contributed by atoms with Crippen molar-refractivity contribution in [2.75, 3.05) is 0 Å². The van der Waals surface area contributed by atoms with Gasteiger partial charge in [0.05, 0.1) is 6.20 Å². The first kappa shape index (κ1) is 17.4. The number of fused-ring (bicyclic) bond motifs is 5. The molecule has 0 aliphatic heterocycles. The number of hydrogen-bond donors (Lipinski definition) is 0. The van der Waals surface area contributed by atoms with Gasteiger partial charge in [0, 0.05) is 16.3 Å². The van der Waals surface area contributed by atoms with Crippen molar-refractivity contribution < 1.29 is 33.4 Å². The molecule has 0 aliphatic rings. The fourth-order valence-electron chi connectivity index (χ4n) is 2.55. The zero-order valence-electron chi connectivity index (χ0n) is 13.6. The lowest BCUT2D eigenvalue weighted by Gasteiger charge is -2.17. The van der Waals surface area contributed by atoms with Crippen LogP contribution in [-0.2, 0) is 0 Å². The summed E-state index contributed by atoms with van der Waals surface area (Å²) in [6.07, 6.45) is 1.86. The number of nitrogens with zero attached hydrogens (tertiary/aromatic N) is 5. The van der Waals surface area contributed by atoms with Crippen LogP contribution < -0.4 is 23.2 Å². The van der Waals surface area contributed by atoms with Crippen molar-refractivity contribution in [3.8, 4) is 0 Å². The average molecular weight is 364 g/mol. The minimum absolute atomic E-state index is 0.756. The smallest absolute Gasteiger partial charge is 0.222 e. The Bertz CT molecular complexity index is 1080. The van der Waals surface area contributed by atoms with Gasteiger partial charge in [0.15, 0.2) is 0 Å². The SMILES string of the molecule is Cc1nc2n3ncc4ccccc4c3n[n+]2c(C)c1C.[O-][Cl+3]([O-])([O-])[O-].